The van der Waals surface area contributed by atoms with Crippen LogP contribution < -0.4 is 29.0 Å². The first kappa shape index (κ1) is 26.0. The number of ketones is 1. The second-order valence-corrected chi connectivity index (χ2v) is 7.48. The van der Waals surface area contributed by atoms with Gasteiger partial charge in [0.05, 0.1) is 35.5 Å². The Kier molecular flexibility index (Phi) is 8.83. The Morgan fingerprint density at radius 1 is 0.806 bits per heavy atom. The normalized spacial score (nSPS) is 10.9. The smallest absolute Gasteiger partial charge is 0.203 e. The number of methoxy groups -OCH3 is 5. The van der Waals surface area contributed by atoms with Crippen molar-refractivity contribution in [3.05, 3.63) is 77.5 Å². The Morgan fingerprint density at radius 3 is 2.11 bits per heavy atom. The summed E-state index contributed by atoms with van der Waals surface area (Å²) in [5, 5.41) is 13.4. The Labute approximate surface area is 210 Å². The summed E-state index contributed by atoms with van der Waals surface area (Å²) < 4.78 is 26.6. The van der Waals surface area contributed by atoms with Gasteiger partial charge in [-0.05, 0) is 35.9 Å². The van der Waals surface area contributed by atoms with Crippen molar-refractivity contribution >= 4 is 23.6 Å². The van der Waals surface area contributed by atoms with E-state index in [2.05, 4.69) is 5.32 Å². The van der Waals surface area contributed by atoms with Crippen molar-refractivity contribution in [2.75, 3.05) is 40.9 Å². The van der Waals surface area contributed by atoms with Gasteiger partial charge in [-0.2, -0.15) is 0 Å². The minimum Gasteiger partial charge on any atom is -0.504 e. The van der Waals surface area contributed by atoms with Gasteiger partial charge in [-0.15, -0.1) is 0 Å². The number of anilines is 1. The fourth-order valence-electron chi connectivity index (χ4n) is 3.47. The summed E-state index contributed by atoms with van der Waals surface area (Å²) in [6, 6.07) is 13.7. The molecule has 0 unspecified atom stereocenters. The second kappa shape index (κ2) is 12.2. The number of benzene rings is 3. The predicted octanol–water partition coefficient (Wildman–Crippen LogP) is 5.41. The van der Waals surface area contributed by atoms with Crippen LogP contribution in [0.2, 0.25) is 0 Å². The summed E-state index contributed by atoms with van der Waals surface area (Å²) in [5.41, 5.74) is 2.55. The molecule has 0 heterocycles. The summed E-state index contributed by atoms with van der Waals surface area (Å²) in [5.74, 6) is 2.20. The molecule has 0 atom stereocenters. The molecule has 0 aliphatic rings. The summed E-state index contributed by atoms with van der Waals surface area (Å²) in [6.07, 6.45) is 6.59. The number of hydrogen-bond donors (Lipinski definition) is 2. The van der Waals surface area contributed by atoms with Crippen molar-refractivity contribution in [2.45, 2.75) is 0 Å². The zero-order valence-electron chi connectivity index (χ0n) is 20.8. The van der Waals surface area contributed by atoms with Crippen LogP contribution in [0.25, 0.3) is 12.2 Å². The maximum absolute atomic E-state index is 12.6. The number of carbonyl (C=O) groups is 1. The summed E-state index contributed by atoms with van der Waals surface area (Å²) in [7, 11) is 7.65. The van der Waals surface area contributed by atoms with E-state index in [4.69, 9.17) is 23.7 Å². The van der Waals surface area contributed by atoms with E-state index in [0.29, 0.717) is 39.8 Å². The van der Waals surface area contributed by atoms with Crippen molar-refractivity contribution in [2.24, 2.45) is 0 Å². The summed E-state index contributed by atoms with van der Waals surface area (Å²) in [4.78, 5) is 12.6. The maximum atomic E-state index is 12.6. The highest BCUT2D eigenvalue weighted by molar-refractivity contribution is 6.04. The van der Waals surface area contributed by atoms with Crippen LogP contribution in [0.4, 0.5) is 5.69 Å². The molecular formula is C28H29NO7. The molecular weight excluding hydrogens is 462 g/mol. The number of nitrogens with one attached hydrogen (secondary N) is 1. The van der Waals surface area contributed by atoms with Crippen LogP contribution in [0.5, 0.6) is 34.5 Å². The topological polar surface area (TPSA) is 95.5 Å². The van der Waals surface area contributed by atoms with Crippen LogP contribution in [0.1, 0.15) is 21.5 Å². The molecule has 0 fully saturated rings. The number of allylic oxidation sites excluding steroid dienone is 1. The number of rotatable bonds is 11. The molecule has 3 aromatic carbocycles. The van der Waals surface area contributed by atoms with Crippen molar-refractivity contribution in [1.29, 1.82) is 0 Å². The Balaban J connectivity index is 1.90. The first-order valence-electron chi connectivity index (χ1n) is 10.9. The third-order valence-electron chi connectivity index (χ3n) is 5.32. The third-order valence-corrected chi connectivity index (χ3v) is 5.32. The molecule has 3 aromatic rings. The third kappa shape index (κ3) is 6.09. The molecule has 0 amide bonds. The monoisotopic (exact) mass is 491 g/mol. The summed E-state index contributed by atoms with van der Waals surface area (Å²) >= 11 is 0. The highest BCUT2D eigenvalue weighted by Gasteiger charge is 2.13. The van der Waals surface area contributed by atoms with Crippen LogP contribution in [0.15, 0.2) is 60.8 Å². The van der Waals surface area contributed by atoms with Crippen LogP contribution >= 0.6 is 0 Å². The van der Waals surface area contributed by atoms with E-state index >= 15 is 0 Å². The molecule has 36 heavy (non-hydrogen) atoms. The predicted molar refractivity (Wildman–Crippen MR) is 140 cm³/mol. The minimum atomic E-state index is -0.193. The molecule has 188 valence electrons. The van der Waals surface area contributed by atoms with Gasteiger partial charge in [0.1, 0.15) is 5.75 Å². The van der Waals surface area contributed by atoms with Crippen molar-refractivity contribution in [3.8, 4) is 34.5 Å². The van der Waals surface area contributed by atoms with Crippen molar-refractivity contribution in [1.82, 2.24) is 0 Å². The van der Waals surface area contributed by atoms with Gasteiger partial charge in [0, 0.05) is 35.2 Å². The largest absolute Gasteiger partial charge is 0.504 e. The van der Waals surface area contributed by atoms with Crippen molar-refractivity contribution < 1.29 is 33.6 Å². The molecule has 0 saturated heterocycles. The van der Waals surface area contributed by atoms with Gasteiger partial charge in [0.25, 0.3) is 0 Å². The van der Waals surface area contributed by atoms with E-state index in [1.807, 2.05) is 6.08 Å². The molecule has 2 N–H and O–H groups in total. The van der Waals surface area contributed by atoms with Gasteiger partial charge < -0.3 is 34.1 Å². The molecule has 0 spiro atoms. The van der Waals surface area contributed by atoms with Gasteiger partial charge in [0.2, 0.25) is 5.75 Å². The lowest BCUT2D eigenvalue weighted by Crippen LogP contribution is -1.98. The Hall–Kier alpha value is -4.59. The average Bonchev–Trinajstić information content (AvgIpc) is 2.91. The van der Waals surface area contributed by atoms with E-state index in [1.165, 1.54) is 19.4 Å². The Bertz CT molecular complexity index is 1260. The van der Waals surface area contributed by atoms with Gasteiger partial charge in [-0.25, -0.2) is 0 Å². The number of phenolic OH excluding ortho intramolecular Hbond substituents is 1. The van der Waals surface area contributed by atoms with Gasteiger partial charge in [-0.1, -0.05) is 24.3 Å². The first-order chi connectivity index (χ1) is 17.4. The van der Waals surface area contributed by atoms with Gasteiger partial charge in [-0.3, -0.25) is 4.79 Å². The van der Waals surface area contributed by atoms with Crippen LogP contribution in [0, 0.1) is 0 Å². The molecule has 0 bridgehead atoms. The first-order valence-corrected chi connectivity index (χ1v) is 10.9. The maximum Gasteiger partial charge on any atom is 0.203 e. The molecule has 8 heteroatoms. The minimum absolute atomic E-state index is 0.0240. The second-order valence-electron chi connectivity index (χ2n) is 7.48. The average molecular weight is 492 g/mol. The van der Waals surface area contributed by atoms with E-state index in [1.54, 1.807) is 83.0 Å². The fourth-order valence-corrected chi connectivity index (χ4v) is 3.47. The van der Waals surface area contributed by atoms with Gasteiger partial charge >= 0.3 is 0 Å². The van der Waals surface area contributed by atoms with E-state index in [0.717, 1.165) is 5.56 Å². The zero-order valence-corrected chi connectivity index (χ0v) is 20.8. The molecule has 0 aromatic heterocycles. The number of carbonyl (C=O) groups excluding carboxylic acids is 1. The van der Waals surface area contributed by atoms with Crippen LogP contribution in [-0.2, 0) is 0 Å². The fraction of sp³-hybridized carbons (Fsp3) is 0.179. The SMILES string of the molecule is COc1cccc(C(=O)/C=C\Nc2cc(OC)c(O)cc2/C=C\c2cc(OC)c(OC)c(OC)c2)c1. The molecule has 0 radical (unpaired) electrons. The number of ether oxygens (including phenoxy) is 5. The summed E-state index contributed by atoms with van der Waals surface area (Å²) in [6.45, 7) is 0. The van der Waals surface area contributed by atoms with Crippen LogP contribution in [0.3, 0.4) is 0 Å². The lowest BCUT2D eigenvalue weighted by atomic mass is 10.1. The van der Waals surface area contributed by atoms with Crippen molar-refractivity contribution in [3.63, 3.8) is 0 Å². The molecule has 3 rings (SSSR count). The molecule has 0 aliphatic heterocycles. The highest BCUT2D eigenvalue weighted by atomic mass is 16.5. The van der Waals surface area contributed by atoms with E-state index in [-0.39, 0.29) is 17.3 Å². The number of hydrogen-bond acceptors (Lipinski definition) is 8. The number of phenols is 1. The highest BCUT2D eigenvalue weighted by Crippen LogP contribution is 2.39. The molecule has 8 nitrogen and oxygen atoms in total. The number of aromatic hydroxyl groups is 1. The quantitative estimate of drug-likeness (QED) is 0.159. The van der Waals surface area contributed by atoms with E-state index < -0.39 is 0 Å². The molecule has 0 saturated carbocycles. The Morgan fingerprint density at radius 2 is 1.50 bits per heavy atom. The lowest BCUT2D eigenvalue weighted by Gasteiger charge is -2.13. The van der Waals surface area contributed by atoms with E-state index in [9.17, 15) is 9.90 Å². The molecule has 0 aliphatic carbocycles. The van der Waals surface area contributed by atoms with Crippen LogP contribution in [-0.4, -0.2) is 46.4 Å². The zero-order chi connectivity index (χ0) is 26.1. The standard InChI is InChI=1S/C28H29NO7/c1-32-21-8-6-7-20(15-21)23(30)11-12-29-22-17-25(33-2)24(31)16-19(22)10-9-18-13-26(34-3)28(36-5)27(14-18)35-4/h6-17,29,31H,1-5H3/b10-9-,12-11-. The van der Waals surface area contributed by atoms with Gasteiger partial charge in [0.15, 0.2) is 28.8 Å². The lowest BCUT2D eigenvalue weighted by molar-refractivity contribution is 0.104.